The Morgan fingerprint density at radius 3 is 2.72 bits per heavy atom. The van der Waals surface area contributed by atoms with Crippen LogP contribution in [-0.2, 0) is 9.59 Å². The predicted molar refractivity (Wildman–Crippen MR) is 122 cm³/mol. The Hall–Kier alpha value is -1.96. The first-order chi connectivity index (χ1) is 15.3. The predicted octanol–water partition coefficient (Wildman–Crippen LogP) is 2.79. The van der Waals surface area contributed by atoms with E-state index < -0.39 is 11.9 Å². The Morgan fingerprint density at radius 1 is 1.25 bits per heavy atom. The number of likely N-dealkylation sites (tertiary alicyclic amines) is 1. The summed E-state index contributed by atoms with van der Waals surface area (Å²) >= 11 is 5.78. The highest BCUT2D eigenvalue weighted by molar-refractivity contribution is 6.30. The number of β-amino-alcohol motifs (C(OH)–C–C–N with tert-alkyl or cyclic N) is 1. The van der Waals surface area contributed by atoms with E-state index in [0.717, 1.165) is 45.3 Å². The fraction of sp³-hybridized carbons (Fsp3) is 0.583. The third-order valence-electron chi connectivity index (χ3n) is 7.25. The number of piperidine rings is 1. The molecule has 4 rings (SSSR count). The lowest BCUT2D eigenvalue weighted by Crippen LogP contribution is -2.57. The van der Waals surface area contributed by atoms with Crippen LogP contribution in [-0.4, -0.2) is 83.0 Å². The Kier molecular flexibility index (Phi) is 6.89. The van der Waals surface area contributed by atoms with Crippen molar-refractivity contribution in [3.05, 3.63) is 40.7 Å². The number of hydrogen-bond donors (Lipinski definition) is 1. The molecule has 1 spiro atoms. The molecular formula is C24H31ClFN3O3. The highest BCUT2D eigenvalue weighted by Crippen LogP contribution is 2.53. The van der Waals surface area contributed by atoms with Crippen molar-refractivity contribution < 1.29 is 19.1 Å². The van der Waals surface area contributed by atoms with Crippen molar-refractivity contribution in [1.29, 1.82) is 0 Å². The van der Waals surface area contributed by atoms with Crippen LogP contribution in [0.4, 0.5) is 4.39 Å². The van der Waals surface area contributed by atoms with Gasteiger partial charge in [0.2, 0.25) is 11.8 Å². The summed E-state index contributed by atoms with van der Waals surface area (Å²) < 4.78 is 13.3. The molecule has 0 bridgehead atoms. The highest BCUT2D eigenvalue weighted by atomic mass is 35.5. The standard InChI is InChI=1S/C24H31ClFN3O3/c1-17-23(32)28(11-2-10-27-12-9-24(7-8-24)21(30)16-27)13-14-29(17)22(31)6-4-18-3-5-20(26)19(25)15-18/h3-6,15,17,21,30H,2,7-14,16H2,1H3/b6-4+/t17?,21-/m1/s1. The first-order valence-electron chi connectivity index (χ1n) is 11.4. The zero-order valence-corrected chi connectivity index (χ0v) is 19.2. The third-order valence-corrected chi connectivity index (χ3v) is 7.54. The second-order valence-corrected chi connectivity index (χ2v) is 9.73. The summed E-state index contributed by atoms with van der Waals surface area (Å²) in [7, 11) is 0. The van der Waals surface area contributed by atoms with Gasteiger partial charge in [-0.3, -0.25) is 9.59 Å². The van der Waals surface area contributed by atoms with Gasteiger partial charge >= 0.3 is 0 Å². The smallest absolute Gasteiger partial charge is 0.247 e. The van der Waals surface area contributed by atoms with Gasteiger partial charge in [0.05, 0.1) is 11.1 Å². The first kappa shape index (κ1) is 23.2. The van der Waals surface area contributed by atoms with Gasteiger partial charge in [0.1, 0.15) is 11.9 Å². The number of rotatable bonds is 6. The average Bonchev–Trinajstić information content (AvgIpc) is 3.55. The molecule has 32 heavy (non-hydrogen) atoms. The van der Waals surface area contributed by atoms with Gasteiger partial charge in [-0.15, -0.1) is 0 Å². The zero-order chi connectivity index (χ0) is 22.9. The number of carbonyl (C=O) groups excluding carboxylic acids is 2. The van der Waals surface area contributed by atoms with E-state index in [1.54, 1.807) is 24.0 Å². The molecule has 0 aromatic heterocycles. The molecule has 2 amide bonds. The molecule has 1 aliphatic carbocycles. The SMILES string of the molecule is CC1C(=O)N(CCCN2CCC3(CC3)[C@H](O)C2)CCN1C(=O)/C=C/c1ccc(F)c(Cl)c1. The van der Waals surface area contributed by atoms with Crippen molar-refractivity contribution in [2.24, 2.45) is 5.41 Å². The van der Waals surface area contributed by atoms with Gasteiger partial charge in [-0.1, -0.05) is 17.7 Å². The number of piperazine rings is 1. The maximum Gasteiger partial charge on any atom is 0.247 e. The molecule has 8 heteroatoms. The van der Waals surface area contributed by atoms with Crippen LogP contribution in [0.3, 0.4) is 0 Å². The van der Waals surface area contributed by atoms with Crippen molar-refractivity contribution in [3.8, 4) is 0 Å². The number of hydrogen-bond acceptors (Lipinski definition) is 4. The molecule has 174 valence electrons. The van der Waals surface area contributed by atoms with E-state index in [2.05, 4.69) is 4.90 Å². The average molecular weight is 464 g/mol. The summed E-state index contributed by atoms with van der Waals surface area (Å²) in [5.74, 6) is -0.797. The van der Waals surface area contributed by atoms with Crippen molar-refractivity contribution >= 4 is 29.5 Å². The van der Waals surface area contributed by atoms with Gasteiger partial charge in [0, 0.05) is 32.3 Å². The quantitative estimate of drug-likeness (QED) is 0.659. The highest BCUT2D eigenvalue weighted by Gasteiger charge is 2.51. The number of benzene rings is 1. The minimum atomic E-state index is -0.524. The van der Waals surface area contributed by atoms with E-state index in [0.29, 0.717) is 25.2 Å². The molecule has 2 atom stereocenters. The van der Waals surface area contributed by atoms with E-state index in [9.17, 15) is 19.1 Å². The largest absolute Gasteiger partial charge is 0.391 e. The summed E-state index contributed by atoms with van der Waals surface area (Å²) in [5, 5.41) is 10.3. The van der Waals surface area contributed by atoms with Crippen LogP contribution >= 0.6 is 11.6 Å². The third kappa shape index (κ3) is 5.00. The Bertz CT molecular complexity index is 904. The molecule has 3 fully saturated rings. The van der Waals surface area contributed by atoms with Crippen LogP contribution in [0.25, 0.3) is 6.08 Å². The molecule has 6 nitrogen and oxygen atoms in total. The number of amides is 2. The van der Waals surface area contributed by atoms with Crippen LogP contribution < -0.4 is 0 Å². The van der Waals surface area contributed by atoms with Crippen LogP contribution in [0.5, 0.6) is 0 Å². The summed E-state index contributed by atoms with van der Waals surface area (Å²) in [5.41, 5.74) is 0.833. The van der Waals surface area contributed by atoms with Crippen molar-refractivity contribution in [2.75, 3.05) is 39.3 Å². The van der Waals surface area contributed by atoms with Crippen molar-refractivity contribution in [2.45, 2.75) is 44.8 Å². The van der Waals surface area contributed by atoms with E-state index in [4.69, 9.17) is 11.6 Å². The number of aliphatic hydroxyl groups is 1. The molecule has 2 saturated heterocycles. The van der Waals surface area contributed by atoms with Crippen LogP contribution in [0.15, 0.2) is 24.3 Å². The summed E-state index contributed by atoms with van der Waals surface area (Å²) in [4.78, 5) is 31.1. The summed E-state index contributed by atoms with van der Waals surface area (Å²) in [6.45, 7) is 6.03. The molecular weight excluding hydrogens is 433 g/mol. The zero-order valence-electron chi connectivity index (χ0n) is 18.5. The lowest BCUT2D eigenvalue weighted by atomic mass is 9.90. The summed E-state index contributed by atoms with van der Waals surface area (Å²) in [6.07, 6.45) is 7.01. The molecule has 1 aromatic rings. The molecule has 2 aliphatic heterocycles. The second-order valence-electron chi connectivity index (χ2n) is 9.32. The van der Waals surface area contributed by atoms with Gasteiger partial charge < -0.3 is 19.8 Å². The Labute approximate surface area is 193 Å². The van der Waals surface area contributed by atoms with Gasteiger partial charge in [-0.05, 0) is 74.9 Å². The lowest BCUT2D eigenvalue weighted by molar-refractivity contribution is -0.148. The number of carbonyl (C=O) groups is 2. The van der Waals surface area contributed by atoms with Gasteiger partial charge in [0.25, 0.3) is 0 Å². The minimum absolute atomic E-state index is 0.00265. The summed E-state index contributed by atoms with van der Waals surface area (Å²) in [6, 6.07) is 3.73. The Balaban J connectivity index is 1.24. The normalized spacial score (nSPS) is 25.7. The van der Waals surface area contributed by atoms with E-state index in [1.807, 2.05) is 4.90 Å². The topological polar surface area (TPSA) is 64.1 Å². The minimum Gasteiger partial charge on any atom is -0.391 e. The first-order valence-corrected chi connectivity index (χ1v) is 11.8. The van der Waals surface area contributed by atoms with E-state index in [1.165, 1.54) is 18.2 Å². The molecule has 1 aromatic carbocycles. The number of nitrogens with zero attached hydrogens (tertiary/aromatic N) is 3. The molecule has 1 N–H and O–H groups in total. The molecule has 1 saturated carbocycles. The van der Waals surface area contributed by atoms with Gasteiger partial charge in [-0.2, -0.15) is 0 Å². The molecule has 3 aliphatic rings. The van der Waals surface area contributed by atoms with Crippen LogP contribution in [0.2, 0.25) is 5.02 Å². The van der Waals surface area contributed by atoms with Crippen molar-refractivity contribution in [1.82, 2.24) is 14.7 Å². The Morgan fingerprint density at radius 2 is 2.03 bits per heavy atom. The second kappa shape index (κ2) is 9.49. The molecule has 1 unspecified atom stereocenters. The fourth-order valence-corrected chi connectivity index (χ4v) is 5.03. The number of aliphatic hydroxyl groups excluding tert-OH is 1. The van der Waals surface area contributed by atoms with E-state index in [-0.39, 0.29) is 28.4 Å². The molecule has 2 heterocycles. The van der Waals surface area contributed by atoms with Gasteiger partial charge in [0.15, 0.2) is 0 Å². The monoisotopic (exact) mass is 463 g/mol. The lowest BCUT2D eigenvalue weighted by Gasteiger charge is -2.39. The van der Waals surface area contributed by atoms with Crippen LogP contribution in [0, 0.1) is 11.2 Å². The maximum absolute atomic E-state index is 13.3. The molecule has 0 radical (unpaired) electrons. The van der Waals surface area contributed by atoms with Crippen molar-refractivity contribution in [3.63, 3.8) is 0 Å². The number of halogens is 2. The fourth-order valence-electron chi connectivity index (χ4n) is 4.84. The van der Waals surface area contributed by atoms with E-state index >= 15 is 0 Å². The van der Waals surface area contributed by atoms with Gasteiger partial charge in [-0.25, -0.2) is 4.39 Å². The maximum atomic E-state index is 13.3. The van der Waals surface area contributed by atoms with Crippen LogP contribution in [0.1, 0.15) is 38.2 Å².